The number of benzene rings is 1. The first-order chi connectivity index (χ1) is 14.7. The van der Waals surface area contributed by atoms with Gasteiger partial charge in [-0.3, -0.25) is 4.79 Å². The van der Waals surface area contributed by atoms with Crippen LogP contribution in [0.1, 0.15) is 10.5 Å². The van der Waals surface area contributed by atoms with Gasteiger partial charge in [-0.2, -0.15) is 4.98 Å². The molecule has 30 heavy (non-hydrogen) atoms. The van der Waals surface area contributed by atoms with Gasteiger partial charge in [-0.15, -0.1) is 0 Å². The minimum absolute atomic E-state index is 0.163. The SMILES string of the molecule is O=C(c1noc2ncnc(N3CCOCC3)c12)N1CCN(c2cccc(Cl)c2)CC1. The van der Waals surface area contributed by atoms with Gasteiger partial charge in [0.05, 0.1) is 13.2 Å². The highest BCUT2D eigenvalue weighted by molar-refractivity contribution is 6.30. The molecule has 0 atom stereocenters. The van der Waals surface area contributed by atoms with E-state index in [4.69, 9.17) is 20.9 Å². The molecule has 0 bridgehead atoms. The quantitative estimate of drug-likeness (QED) is 0.626. The molecule has 0 aliphatic carbocycles. The van der Waals surface area contributed by atoms with Crippen molar-refractivity contribution in [3.05, 3.63) is 41.3 Å². The third-order valence-corrected chi connectivity index (χ3v) is 5.74. The molecule has 4 heterocycles. The van der Waals surface area contributed by atoms with Crippen molar-refractivity contribution in [3.63, 3.8) is 0 Å². The van der Waals surface area contributed by atoms with Crippen LogP contribution in [0.5, 0.6) is 0 Å². The first kappa shape index (κ1) is 19.1. The Bertz CT molecular complexity index is 1060. The van der Waals surface area contributed by atoms with Crippen molar-refractivity contribution in [2.24, 2.45) is 0 Å². The highest BCUT2D eigenvalue weighted by atomic mass is 35.5. The number of hydrogen-bond donors (Lipinski definition) is 0. The van der Waals surface area contributed by atoms with Crippen molar-refractivity contribution >= 4 is 40.1 Å². The van der Waals surface area contributed by atoms with Gasteiger partial charge in [-0.25, -0.2) is 4.98 Å². The predicted molar refractivity (Wildman–Crippen MR) is 112 cm³/mol. The second kappa shape index (κ2) is 8.08. The van der Waals surface area contributed by atoms with E-state index in [1.54, 1.807) is 4.90 Å². The number of morpholine rings is 1. The van der Waals surface area contributed by atoms with Crippen LogP contribution in [0.2, 0.25) is 5.02 Å². The smallest absolute Gasteiger partial charge is 0.277 e. The third kappa shape index (κ3) is 3.54. The maximum absolute atomic E-state index is 13.3. The molecule has 2 aromatic heterocycles. The molecule has 3 aromatic rings. The van der Waals surface area contributed by atoms with Crippen LogP contribution < -0.4 is 9.80 Å². The number of ether oxygens (including phenoxy) is 1. The molecule has 1 amide bonds. The van der Waals surface area contributed by atoms with Gasteiger partial charge in [0, 0.05) is 50.0 Å². The van der Waals surface area contributed by atoms with E-state index in [0.717, 1.165) is 5.69 Å². The Morgan fingerprint density at radius 1 is 1.00 bits per heavy atom. The molecule has 0 radical (unpaired) electrons. The predicted octanol–water partition coefficient (Wildman–Crippen LogP) is 2.07. The van der Waals surface area contributed by atoms with E-state index >= 15 is 0 Å². The van der Waals surface area contributed by atoms with Gasteiger partial charge in [0.15, 0.2) is 5.69 Å². The van der Waals surface area contributed by atoms with Gasteiger partial charge in [0.25, 0.3) is 11.6 Å². The first-order valence-corrected chi connectivity index (χ1v) is 10.3. The number of anilines is 2. The zero-order valence-electron chi connectivity index (χ0n) is 16.3. The maximum atomic E-state index is 13.3. The van der Waals surface area contributed by atoms with E-state index in [0.29, 0.717) is 74.4 Å². The topological polar surface area (TPSA) is 87.8 Å². The summed E-state index contributed by atoms with van der Waals surface area (Å²) in [6, 6.07) is 7.76. The number of fused-ring (bicyclic) bond motifs is 1. The molecule has 2 fully saturated rings. The van der Waals surface area contributed by atoms with Crippen molar-refractivity contribution in [2.75, 3.05) is 62.3 Å². The minimum Gasteiger partial charge on any atom is -0.378 e. The van der Waals surface area contributed by atoms with Crippen LogP contribution in [0.25, 0.3) is 11.1 Å². The normalized spacial score (nSPS) is 17.6. The zero-order valence-corrected chi connectivity index (χ0v) is 17.1. The number of aromatic nitrogens is 3. The number of piperazine rings is 1. The van der Waals surface area contributed by atoms with Crippen LogP contribution in [0, 0.1) is 0 Å². The molecular formula is C20H21ClN6O3. The number of carbonyl (C=O) groups excluding carboxylic acids is 1. The van der Waals surface area contributed by atoms with Gasteiger partial charge in [-0.05, 0) is 18.2 Å². The second-order valence-electron chi connectivity index (χ2n) is 7.27. The lowest BCUT2D eigenvalue weighted by Gasteiger charge is -2.36. The van der Waals surface area contributed by atoms with Gasteiger partial charge in [0.1, 0.15) is 17.5 Å². The van der Waals surface area contributed by atoms with Crippen molar-refractivity contribution in [3.8, 4) is 0 Å². The van der Waals surface area contributed by atoms with E-state index in [1.165, 1.54) is 6.33 Å². The molecule has 0 unspecified atom stereocenters. The standard InChI is InChI=1S/C20H21ClN6O3/c21-14-2-1-3-15(12-14)25-4-6-27(7-5-25)20(28)17-16-18(26-8-10-29-11-9-26)22-13-23-19(16)30-24-17/h1-3,12-13H,4-11H2. The van der Waals surface area contributed by atoms with E-state index in [1.807, 2.05) is 24.3 Å². The largest absolute Gasteiger partial charge is 0.378 e. The monoisotopic (exact) mass is 428 g/mol. The summed E-state index contributed by atoms with van der Waals surface area (Å²) in [5, 5.41) is 5.33. The lowest BCUT2D eigenvalue weighted by Crippen LogP contribution is -2.49. The lowest BCUT2D eigenvalue weighted by atomic mass is 10.2. The van der Waals surface area contributed by atoms with Crippen LogP contribution in [0.3, 0.4) is 0 Å². The summed E-state index contributed by atoms with van der Waals surface area (Å²) in [7, 11) is 0. The summed E-state index contributed by atoms with van der Waals surface area (Å²) >= 11 is 6.11. The van der Waals surface area contributed by atoms with Crippen LogP contribution in [-0.4, -0.2) is 78.4 Å². The summed E-state index contributed by atoms with van der Waals surface area (Å²) in [5.41, 5.74) is 1.65. The Balaban J connectivity index is 1.37. The van der Waals surface area contributed by atoms with Gasteiger partial charge >= 0.3 is 0 Å². The molecule has 10 heteroatoms. The Kier molecular flexibility index (Phi) is 5.14. The van der Waals surface area contributed by atoms with E-state index in [9.17, 15) is 4.79 Å². The van der Waals surface area contributed by atoms with Gasteiger partial charge in [0.2, 0.25) is 0 Å². The number of hydrogen-bond acceptors (Lipinski definition) is 8. The van der Waals surface area contributed by atoms with Crippen LogP contribution in [0.15, 0.2) is 35.1 Å². The molecule has 2 aliphatic rings. The van der Waals surface area contributed by atoms with E-state index in [2.05, 4.69) is 24.9 Å². The Labute approximate surface area is 178 Å². The van der Waals surface area contributed by atoms with Crippen LogP contribution in [-0.2, 0) is 4.74 Å². The summed E-state index contributed by atoms with van der Waals surface area (Å²) in [6.45, 7) is 5.23. The first-order valence-electron chi connectivity index (χ1n) is 9.93. The van der Waals surface area contributed by atoms with Crippen molar-refractivity contribution in [1.29, 1.82) is 0 Å². The molecule has 2 aliphatic heterocycles. The Morgan fingerprint density at radius 2 is 1.80 bits per heavy atom. The molecule has 5 rings (SSSR count). The van der Waals surface area contributed by atoms with Crippen molar-refractivity contribution in [1.82, 2.24) is 20.0 Å². The molecule has 0 N–H and O–H groups in total. The molecule has 0 spiro atoms. The molecule has 2 saturated heterocycles. The third-order valence-electron chi connectivity index (χ3n) is 5.51. The number of nitrogens with zero attached hydrogens (tertiary/aromatic N) is 6. The number of halogens is 1. The number of carbonyl (C=O) groups is 1. The Hall–Kier alpha value is -2.91. The van der Waals surface area contributed by atoms with E-state index < -0.39 is 0 Å². The van der Waals surface area contributed by atoms with E-state index in [-0.39, 0.29) is 11.6 Å². The fraction of sp³-hybridized carbons (Fsp3) is 0.400. The fourth-order valence-corrected chi connectivity index (χ4v) is 4.11. The van der Waals surface area contributed by atoms with Gasteiger partial charge in [-0.1, -0.05) is 22.8 Å². The molecule has 0 saturated carbocycles. The number of rotatable bonds is 3. The summed E-state index contributed by atoms with van der Waals surface area (Å²) in [6.07, 6.45) is 1.44. The average molecular weight is 429 g/mol. The minimum atomic E-state index is -0.163. The van der Waals surface area contributed by atoms with Crippen molar-refractivity contribution < 1.29 is 14.1 Å². The molecule has 1 aromatic carbocycles. The summed E-state index contributed by atoms with van der Waals surface area (Å²) in [4.78, 5) is 27.9. The second-order valence-corrected chi connectivity index (χ2v) is 7.70. The average Bonchev–Trinajstić information content (AvgIpc) is 3.24. The van der Waals surface area contributed by atoms with Gasteiger partial charge < -0.3 is 24.0 Å². The Morgan fingerprint density at radius 3 is 2.57 bits per heavy atom. The highest BCUT2D eigenvalue weighted by Gasteiger charge is 2.30. The summed E-state index contributed by atoms with van der Waals surface area (Å²) < 4.78 is 10.8. The highest BCUT2D eigenvalue weighted by Crippen LogP contribution is 2.28. The summed E-state index contributed by atoms with van der Waals surface area (Å²) in [5.74, 6) is 0.509. The molecule has 9 nitrogen and oxygen atoms in total. The molecular weight excluding hydrogens is 408 g/mol. The van der Waals surface area contributed by atoms with Crippen LogP contribution in [0.4, 0.5) is 11.5 Å². The lowest BCUT2D eigenvalue weighted by molar-refractivity contribution is 0.0738. The zero-order chi connectivity index (χ0) is 20.5. The maximum Gasteiger partial charge on any atom is 0.277 e. The number of amides is 1. The fourth-order valence-electron chi connectivity index (χ4n) is 3.92. The van der Waals surface area contributed by atoms with Crippen molar-refractivity contribution in [2.45, 2.75) is 0 Å². The van der Waals surface area contributed by atoms with Crippen LogP contribution >= 0.6 is 11.6 Å². The molecule has 156 valence electrons.